The summed E-state index contributed by atoms with van der Waals surface area (Å²) in [7, 11) is 1.35. The van der Waals surface area contributed by atoms with Crippen molar-refractivity contribution in [1.29, 1.82) is 0 Å². The average Bonchev–Trinajstić information content (AvgIpc) is 2.75. The van der Waals surface area contributed by atoms with Gasteiger partial charge < -0.3 is 25.6 Å². The Morgan fingerprint density at radius 3 is 2.44 bits per heavy atom. The molecule has 7 nitrogen and oxygen atoms in total. The van der Waals surface area contributed by atoms with Crippen molar-refractivity contribution in [2.24, 2.45) is 0 Å². The largest absolute Gasteiger partial charge is 0.466 e. The van der Waals surface area contributed by atoms with Crippen LogP contribution in [0.25, 0.3) is 0 Å². The number of nitrogens with zero attached hydrogens (tertiary/aromatic N) is 1. The van der Waals surface area contributed by atoms with Gasteiger partial charge in [0.25, 0.3) is 0 Å². The third kappa shape index (κ3) is 5.15. The highest BCUT2D eigenvalue weighted by Gasteiger charge is 2.33. The van der Waals surface area contributed by atoms with Crippen molar-refractivity contribution in [3.05, 3.63) is 69.3 Å². The quantitative estimate of drug-likeness (QED) is 0.386. The van der Waals surface area contributed by atoms with E-state index in [1.807, 2.05) is 30.9 Å². The Morgan fingerprint density at radius 1 is 1.16 bits per heavy atom. The second-order valence-electron chi connectivity index (χ2n) is 6.94. The van der Waals surface area contributed by atoms with Crippen LogP contribution in [0, 0.1) is 0 Å². The number of allylic oxidation sites excluding steroid dienone is 1. The van der Waals surface area contributed by atoms with E-state index in [-0.39, 0.29) is 0 Å². The number of anilines is 2. The van der Waals surface area contributed by atoms with E-state index in [9.17, 15) is 9.59 Å². The molecule has 0 spiro atoms. The summed E-state index contributed by atoms with van der Waals surface area (Å²) >= 11 is 17.4. The van der Waals surface area contributed by atoms with E-state index in [0.717, 1.165) is 11.3 Å². The van der Waals surface area contributed by atoms with Gasteiger partial charge in [0, 0.05) is 23.0 Å². The minimum absolute atomic E-state index is 0.334. The third-order valence-electron chi connectivity index (χ3n) is 5.00. The Kier molecular flexibility index (Phi) is 7.60. The van der Waals surface area contributed by atoms with Crippen molar-refractivity contribution < 1.29 is 14.3 Å². The number of ether oxygens (including phenoxy) is 1. The maximum absolute atomic E-state index is 12.5. The Hall–Kier alpha value is -2.81. The van der Waals surface area contributed by atoms with Gasteiger partial charge in [-0.25, -0.2) is 9.59 Å². The summed E-state index contributed by atoms with van der Waals surface area (Å²) in [6.45, 7) is 4.42. The van der Waals surface area contributed by atoms with E-state index in [0.29, 0.717) is 38.7 Å². The first-order valence-electron chi connectivity index (χ1n) is 9.75. The summed E-state index contributed by atoms with van der Waals surface area (Å²) in [5.41, 5.74) is 3.03. The van der Waals surface area contributed by atoms with Crippen LogP contribution in [0.2, 0.25) is 10.0 Å². The summed E-state index contributed by atoms with van der Waals surface area (Å²) in [6.07, 6.45) is 0. The van der Waals surface area contributed by atoms with Crippen LogP contribution in [-0.4, -0.2) is 35.7 Å². The van der Waals surface area contributed by atoms with Gasteiger partial charge in [-0.15, -0.1) is 0 Å². The van der Waals surface area contributed by atoms with Gasteiger partial charge in [-0.2, -0.15) is 0 Å². The van der Waals surface area contributed by atoms with Gasteiger partial charge >= 0.3 is 12.0 Å². The molecule has 3 N–H and O–H groups in total. The number of hydrogen-bond donors (Lipinski definition) is 3. The van der Waals surface area contributed by atoms with E-state index < -0.39 is 18.0 Å². The molecule has 0 bridgehead atoms. The molecule has 1 unspecified atom stereocenters. The maximum Gasteiger partial charge on any atom is 0.337 e. The Balaban J connectivity index is 1.78. The number of urea groups is 1. The number of methoxy groups -OCH3 is 1. The molecule has 32 heavy (non-hydrogen) atoms. The van der Waals surface area contributed by atoms with Crippen LogP contribution in [0.5, 0.6) is 0 Å². The molecule has 3 rings (SSSR count). The van der Waals surface area contributed by atoms with E-state index in [2.05, 4.69) is 16.0 Å². The molecule has 0 saturated heterocycles. The number of thiocarbonyl (C=S) groups is 1. The van der Waals surface area contributed by atoms with Crippen LogP contribution >= 0.6 is 35.4 Å². The molecule has 2 aromatic carbocycles. The first kappa shape index (κ1) is 23.8. The second kappa shape index (κ2) is 10.2. The number of amides is 2. The summed E-state index contributed by atoms with van der Waals surface area (Å²) < 4.78 is 5.00. The normalized spacial score (nSPS) is 15.8. The molecule has 0 aromatic heterocycles. The van der Waals surface area contributed by atoms with Crippen LogP contribution in [0.4, 0.5) is 16.2 Å². The van der Waals surface area contributed by atoms with Gasteiger partial charge in [-0.1, -0.05) is 35.3 Å². The van der Waals surface area contributed by atoms with Gasteiger partial charge in [0.05, 0.1) is 29.4 Å². The molecule has 1 aliphatic heterocycles. The topological polar surface area (TPSA) is 82.7 Å². The molecule has 1 atom stereocenters. The number of rotatable bonds is 5. The molecule has 0 saturated carbocycles. The smallest absolute Gasteiger partial charge is 0.337 e. The van der Waals surface area contributed by atoms with Crippen molar-refractivity contribution in [1.82, 2.24) is 10.2 Å². The molecule has 0 aliphatic carbocycles. The second-order valence-corrected chi connectivity index (χ2v) is 8.17. The molecule has 1 aliphatic rings. The van der Waals surface area contributed by atoms with Crippen LogP contribution in [0.15, 0.2) is 53.7 Å². The van der Waals surface area contributed by atoms with Gasteiger partial charge in [0.2, 0.25) is 0 Å². The lowest BCUT2D eigenvalue weighted by Gasteiger charge is -2.36. The summed E-state index contributed by atoms with van der Waals surface area (Å²) in [5.74, 6) is -0.428. The van der Waals surface area contributed by atoms with Gasteiger partial charge in [-0.3, -0.25) is 0 Å². The predicted octanol–water partition coefficient (Wildman–Crippen LogP) is 5.34. The number of nitrogens with one attached hydrogen (secondary N) is 3. The minimum Gasteiger partial charge on any atom is -0.466 e. The van der Waals surface area contributed by atoms with Crippen LogP contribution in [-0.2, 0) is 9.53 Å². The van der Waals surface area contributed by atoms with E-state index in [4.69, 9.17) is 40.2 Å². The van der Waals surface area contributed by atoms with E-state index >= 15 is 0 Å². The lowest BCUT2D eigenvalue weighted by Crippen LogP contribution is -2.47. The molecule has 168 valence electrons. The number of halogens is 2. The van der Waals surface area contributed by atoms with Crippen molar-refractivity contribution in [3.8, 4) is 0 Å². The van der Waals surface area contributed by atoms with Crippen LogP contribution in [0.3, 0.4) is 0 Å². The number of hydrogen-bond acceptors (Lipinski definition) is 4. The highest BCUT2D eigenvalue weighted by molar-refractivity contribution is 7.80. The Bertz CT molecular complexity index is 1090. The lowest BCUT2D eigenvalue weighted by atomic mass is 9.95. The van der Waals surface area contributed by atoms with Crippen molar-refractivity contribution in [2.45, 2.75) is 19.9 Å². The standard InChI is InChI=1S/C22H22Cl2N4O3S/c1-4-28-12(2)18(20(29)31-3)19(27-22(28)32)13-5-8-15(9-6-13)25-21(30)26-17-10-7-14(23)11-16(17)24/h5-11,19H,4H2,1-3H3,(H,27,32)(H2,25,26,30). The third-order valence-corrected chi connectivity index (χ3v) is 5.89. The number of benzene rings is 2. The highest BCUT2D eigenvalue weighted by Crippen LogP contribution is 2.32. The molecular formula is C22H22Cl2N4O3S. The number of esters is 1. The van der Waals surface area contributed by atoms with Crippen LogP contribution < -0.4 is 16.0 Å². The molecule has 0 fully saturated rings. The summed E-state index contributed by atoms with van der Waals surface area (Å²) in [4.78, 5) is 26.7. The average molecular weight is 493 g/mol. The fourth-order valence-corrected chi connectivity index (χ4v) is 4.26. The van der Waals surface area contributed by atoms with Crippen molar-refractivity contribution >= 4 is 63.9 Å². The van der Waals surface area contributed by atoms with Crippen molar-refractivity contribution in [2.75, 3.05) is 24.3 Å². The van der Waals surface area contributed by atoms with Gasteiger partial charge in [0.15, 0.2) is 5.11 Å². The van der Waals surface area contributed by atoms with E-state index in [1.54, 1.807) is 30.3 Å². The van der Waals surface area contributed by atoms with Crippen LogP contribution in [0.1, 0.15) is 25.5 Å². The SMILES string of the molecule is CCN1C(=S)NC(c2ccc(NC(=O)Nc3ccc(Cl)cc3Cl)cc2)C(C(=O)OC)=C1C. The molecular weight excluding hydrogens is 471 g/mol. The summed E-state index contributed by atoms with van der Waals surface area (Å²) in [5, 5.41) is 9.96. The van der Waals surface area contributed by atoms with Crippen molar-refractivity contribution in [3.63, 3.8) is 0 Å². The summed E-state index contributed by atoms with van der Waals surface area (Å²) in [6, 6.07) is 11.0. The lowest BCUT2D eigenvalue weighted by molar-refractivity contribution is -0.136. The highest BCUT2D eigenvalue weighted by atomic mass is 35.5. The Labute approximate surface area is 201 Å². The maximum atomic E-state index is 12.5. The fraction of sp³-hybridized carbons (Fsp3) is 0.227. The Morgan fingerprint density at radius 2 is 1.84 bits per heavy atom. The van der Waals surface area contributed by atoms with Gasteiger partial charge in [0.1, 0.15) is 0 Å². The zero-order chi connectivity index (χ0) is 23.4. The number of carbonyl (C=O) groups is 2. The molecule has 1 heterocycles. The molecule has 2 amide bonds. The number of carbonyl (C=O) groups excluding carboxylic acids is 2. The fourth-order valence-electron chi connectivity index (χ4n) is 3.42. The molecule has 2 aromatic rings. The zero-order valence-corrected chi connectivity index (χ0v) is 20.0. The first-order valence-corrected chi connectivity index (χ1v) is 10.9. The monoisotopic (exact) mass is 492 g/mol. The first-order chi connectivity index (χ1) is 15.2. The van der Waals surface area contributed by atoms with Gasteiger partial charge in [-0.05, 0) is 62.0 Å². The molecule has 10 heteroatoms. The predicted molar refractivity (Wildman–Crippen MR) is 131 cm³/mol. The minimum atomic E-state index is -0.464. The molecule has 0 radical (unpaired) electrons. The van der Waals surface area contributed by atoms with E-state index in [1.165, 1.54) is 7.11 Å². The zero-order valence-electron chi connectivity index (χ0n) is 17.7.